The molecule has 0 saturated heterocycles. The van der Waals surface area contributed by atoms with Crippen LogP contribution in [0.1, 0.15) is 124 Å². The molecule has 0 radical (unpaired) electrons. The molecule has 6 aromatic rings. The molecule has 77 heavy (non-hydrogen) atoms. The highest BCUT2D eigenvalue weighted by Gasteiger charge is 2.32. The zero-order valence-electron chi connectivity index (χ0n) is 47.7. The van der Waals surface area contributed by atoms with Crippen molar-refractivity contribution in [2.75, 3.05) is 19.8 Å². The van der Waals surface area contributed by atoms with E-state index in [-0.39, 0.29) is 36.4 Å². The Balaban J connectivity index is 0.000000256. The van der Waals surface area contributed by atoms with Gasteiger partial charge in [0.25, 0.3) is 0 Å². The zero-order valence-corrected chi connectivity index (χ0v) is 47.7. The Morgan fingerprint density at radius 1 is 0.532 bits per heavy atom. The minimum Gasteiger partial charge on any atom is -0.465 e. The second-order valence-corrected chi connectivity index (χ2v) is 19.0. The number of hydrogen-bond donors (Lipinski definition) is 0. The molecule has 6 aromatic carbocycles. The molecule has 10 nitrogen and oxygen atoms in total. The summed E-state index contributed by atoms with van der Waals surface area (Å²) in [5.41, 5.74) is 4.25. The summed E-state index contributed by atoms with van der Waals surface area (Å²) >= 11 is 0. The van der Waals surface area contributed by atoms with Gasteiger partial charge in [-0.15, -0.1) is 0 Å². The molecule has 10 heteroatoms. The molecule has 0 amide bonds. The number of rotatable bonds is 20. The van der Waals surface area contributed by atoms with Crippen LogP contribution in [0, 0.1) is 0 Å². The van der Waals surface area contributed by atoms with E-state index in [0.717, 1.165) is 63.1 Å². The number of esters is 2. The second kappa shape index (κ2) is 33.0. The molecule has 0 aliphatic heterocycles. The zero-order chi connectivity index (χ0) is 57.0. The maximum atomic E-state index is 11.7. The summed E-state index contributed by atoms with van der Waals surface area (Å²) < 4.78 is 43.4. The Hall–Kier alpha value is -7.24. The molecule has 3 unspecified atom stereocenters. The predicted octanol–water partition coefficient (Wildman–Crippen LogP) is 17.1. The van der Waals surface area contributed by atoms with Gasteiger partial charge in [0, 0.05) is 31.0 Å². The maximum absolute atomic E-state index is 11.7. The van der Waals surface area contributed by atoms with Crippen LogP contribution in [0.5, 0.6) is 17.2 Å². The normalized spacial score (nSPS) is 13.3. The molecule has 1 saturated carbocycles. The van der Waals surface area contributed by atoms with E-state index in [2.05, 4.69) is 69.3 Å². The number of benzene rings is 6. The first kappa shape index (κ1) is 64.0. The molecule has 0 heterocycles. The second-order valence-electron chi connectivity index (χ2n) is 19.0. The van der Waals surface area contributed by atoms with Crippen LogP contribution in [-0.2, 0) is 38.9 Å². The van der Waals surface area contributed by atoms with E-state index in [4.69, 9.17) is 37.9 Å². The maximum Gasteiger partial charge on any atom is 0.333 e. The molecular formula is C67H84O10. The number of fused-ring (bicyclic) bond motifs is 2. The Morgan fingerprint density at radius 2 is 0.974 bits per heavy atom. The van der Waals surface area contributed by atoms with E-state index in [9.17, 15) is 9.59 Å². The van der Waals surface area contributed by atoms with Gasteiger partial charge in [-0.1, -0.05) is 130 Å². The highest BCUT2D eigenvalue weighted by atomic mass is 16.7. The molecule has 412 valence electrons. The summed E-state index contributed by atoms with van der Waals surface area (Å²) in [6.07, 6.45) is 9.13. The van der Waals surface area contributed by atoms with Crippen LogP contribution < -0.4 is 14.2 Å². The summed E-state index contributed by atoms with van der Waals surface area (Å²) in [5, 5.41) is 4.65. The van der Waals surface area contributed by atoms with Crippen molar-refractivity contribution in [3.63, 3.8) is 0 Å². The Bertz CT molecular complexity index is 2820. The quantitative estimate of drug-likeness (QED) is 0.0417. The molecule has 3 atom stereocenters. The third-order valence-corrected chi connectivity index (χ3v) is 11.9. The van der Waals surface area contributed by atoms with Gasteiger partial charge in [-0.25, -0.2) is 9.59 Å². The van der Waals surface area contributed by atoms with Crippen molar-refractivity contribution in [2.45, 2.75) is 132 Å². The highest BCUT2D eigenvalue weighted by molar-refractivity contribution is 5.88. The third-order valence-electron chi connectivity index (χ3n) is 11.9. The van der Waals surface area contributed by atoms with Crippen LogP contribution in [0.2, 0.25) is 0 Å². The van der Waals surface area contributed by atoms with E-state index in [1.54, 1.807) is 26.0 Å². The van der Waals surface area contributed by atoms with Gasteiger partial charge in [0.05, 0.1) is 0 Å². The average molecular weight is 1050 g/mol. The summed E-state index contributed by atoms with van der Waals surface area (Å²) in [6, 6.07) is 42.0. The van der Waals surface area contributed by atoms with Crippen LogP contribution in [0.4, 0.5) is 0 Å². The molecule has 1 aliphatic rings. The Kier molecular flexibility index (Phi) is 27.5. The number of carbonyl (C=O) groups excluding carboxylic acids is 2. The average Bonchev–Trinajstić information content (AvgIpc) is 3.84. The first-order valence-electron chi connectivity index (χ1n) is 26.4. The third kappa shape index (κ3) is 23.3. The largest absolute Gasteiger partial charge is 0.465 e. The topological polar surface area (TPSA) is 108 Å². The van der Waals surface area contributed by atoms with E-state index >= 15 is 0 Å². The molecule has 0 N–H and O–H groups in total. The van der Waals surface area contributed by atoms with E-state index < -0.39 is 5.60 Å². The summed E-state index contributed by atoms with van der Waals surface area (Å²) in [4.78, 5) is 22.9. The lowest BCUT2D eigenvalue weighted by molar-refractivity contribution is -0.153. The molecular weight excluding hydrogens is 965 g/mol. The standard InChI is InChI=1S/C17H18O2.C16H18O2.2C12H16O2.C10H16O2/c1-12(2)16(18)19-17(3,4)15-10-9-13-7-5-6-8-14(13)11-15;1-4-13-6-7-15-11-16(9-8-14(15)10-13)18-12(3)17-5-2;1-4-11-6-8-12(9-7-11)14-10(3)13-5-2;1-4-11-7-6-8-12(9-11)14-10(3)13-5-2;1-8(2)9(11)12-10(3)6-4-5-7-10/h5-11H,1H2,2-4H3;4,6-12H,1,5H2,2-3H3;2*4,6-10H,1,5H2,2-3H3;1,4-7H2,2-3H3. The lowest BCUT2D eigenvalue weighted by atomic mass is 9.95. The van der Waals surface area contributed by atoms with Crippen molar-refractivity contribution in [1.82, 2.24) is 0 Å². The van der Waals surface area contributed by atoms with Gasteiger partial charge in [-0.3, -0.25) is 0 Å². The van der Waals surface area contributed by atoms with Crippen LogP contribution >= 0.6 is 0 Å². The predicted molar refractivity (Wildman–Crippen MR) is 318 cm³/mol. The number of hydrogen-bond acceptors (Lipinski definition) is 10. The first-order chi connectivity index (χ1) is 36.7. The minimum absolute atomic E-state index is 0.199. The van der Waals surface area contributed by atoms with Gasteiger partial charge in [-0.2, -0.15) is 0 Å². The van der Waals surface area contributed by atoms with Crippen LogP contribution in [0.15, 0.2) is 171 Å². The fourth-order valence-electron chi connectivity index (χ4n) is 7.70. The van der Waals surface area contributed by atoms with Crippen molar-refractivity contribution in [2.24, 2.45) is 0 Å². The van der Waals surface area contributed by atoms with Gasteiger partial charge in [0.1, 0.15) is 28.5 Å². The SMILES string of the molecule is C=C(C)C(=O)OC(C)(C)c1ccc2ccccc2c1.C=C(C)C(=O)OC1(C)CCCC1.C=Cc1ccc(OC(C)OCC)cc1.C=Cc1ccc2cc(OC(C)OCC)ccc2c1.C=Cc1cccc(OC(C)OCC)c1. The Labute approximate surface area is 460 Å². The van der Waals surface area contributed by atoms with Crippen molar-refractivity contribution in [3.8, 4) is 17.2 Å². The molecule has 0 bridgehead atoms. The fourth-order valence-corrected chi connectivity index (χ4v) is 7.70. The summed E-state index contributed by atoms with van der Waals surface area (Å²) in [7, 11) is 0. The Morgan fingerprint density at radius 3 is 1.51 bits per heavy atom. The highest BCUT2D eigenvalue weighted by Crippen LogP contribution is 2.33. The number of carbonyl (C=O) groups is 2. The molecule has 7 rings (SSSR count). The van der Waals surface area contributed by atoms with E-state index in [1.165, 1.54) is 23.6 Å². The van der Waals surface area contributed by atoms with Crippen LogP contribution in [0.25, 0.3) is 39.8 Å². The molecule has 1 aliphatic carbocycles. The van der Waals surface area contributed by atoms with Gasteiger partial charge in [-0.05, 0) is 194 Å². The van der Waals surface area contributed by atoms with Crippen LogP contribution in [-0.4, -0.2) is 56.2 Å². The van der Waals surface area contributed by atoms with E-state index in [0.29, 0.717) is 31.0 Å². The minimum atomic E-state index is -0.667. The molecule has 0 spiro atoms. The van der Waals surface area contributed by atoms with Gasteiger partial charge >= 0.3 is 11.9 Å². The number of ether oxygens (including phenoxy) is 8. The van der Waals surface area contributed by atoms with Gasteiger partial charge in [0.2, 0.25) is 0 Å². The van der Waals surface area contributed by atoms with Crippen molar-refractivity contribution in [3.05, 3.63) is 194 Å². The smallest absolute Gasteiger partial charge is 0.333 e. The lowest BCUT2D eigenvalue weighted by Gasteiger charge is -2.26. The van der Waals surface area contributed by atoms with E-state index in [1.807, 2.05) is 159 Å². The van der Waals surface area contributed by atoms with Crippen molar-refractivity contribution >= 4 is 51.7 Å². The lowest BCUT2D eigenvalue weighted by Crippen LogP contribution is -2.28. The monoisotopic (exact) mass is 1050 g/mol. The first-order valence-corrected chi connectivity index (χ1v) is 26.4. The molecule has 0 aromatic heterocycles. The summed E-state index contributed by atoms with van der Waals surface area (Å²) in [6.45, 7) is 40.9. The van der Waals surface area contributed by atoms with Crippen LogP contribution in [0.3, 0.4) is 0 Å². The fraction of sp³-hybridized carbons (Fsp3) is 0.343. The molecule has 1 fully saturated rings. The van der Waals surface area contributed by atoms with Gasteiger partial charge < -0.3 is 37.9 Å². The van der Waals surface area contributed by atoms with Crippen molar-refractivity contribution < 1.29 is 47.5 Å². The van der Waals surface area contributed by atoms with Crippen molar-refractivity contribution in [1.29, 1.82) is 0 Å². The van der Waals surface area contributed by atoms with Gasteiger partial charge in [0.15, 0.2) is 18.9 Å². The summed E-state index contributed by atoms with van der Waals surface area (Å²) in [5.74, 6) is 1.84.